The van der Waals surface area contributed by atoms with Crippen LogP contribution in [0.4, 0.5) is 0 Å². The van der Waals surface area contributed by atoms with E-state index in [1.54, 1.807) is 29.5 Å². The topological polar surface area (TPSA) is 40.5 Å². The Kier molecular flexibility index (Phi) is 3.98. The summed E-state index contributed by atoms with van der Waals surface area (Å²) in [6.45, 7) is 0.623. The van der Waals surface area contributed by atoms with Crippen molar-refractivity contribution in [3.63, 3.8) is 0 Å². The van der Waals surface area contributed by atoms with E-state index in [4.69, 9.17) is 0 Å². The number of phenolic OH excluding ortho intramolecular Hbond substituents is 1. The van der Waals surface area contributed by atoms with E-state index in [0.717, 1.165) is 22.0 Å². The molecule has 1 aliphatic rings. The number of aromatic hydroxyl groups is 1. The van der Waals surface area contributed by atoms with Crippen molar-refractivity contribution >= 4 is 39.8 Å². The number of halogens is 1. The molecule has 5 heteroatoms. The van der Waals surface area contributed by atoms with E-state index in [-0.39, 0.29) is 11.7 Å². The average Bonchev–Trinajstić information content (AvgIpc) is 3.15. The Balaban J connectivity index is 1.87. The molecule has 1 N–H and O–H groups in total. The smallest absolute Gasteiger partial charge is 0.258 e. The molecule has 3 nitrogen and oxygen atoms in total. The SMILES string of the molecule is O=C(c1cc(I)ccc1O)N(Cc1ccsc1)C1CC1. The van der Waals surface area contributed by atoms with Crippen LogP contribution in [-0.2, 0) is 6.54 Å². The third-order valence-corrected chi connectivity index (χ3v) is 4.77. The number of carbonyl (C=O) groups excluding carboxylic acids is 1. The van der Waals surface area contributed by atoms with Crippen molar-refractivity contribution in [2.75, 3.05) is 0 Å². The zero-order chi connectivity index (χ0) is 14.1. The van der Waals surface area contributed by atoms with E-state index in [9.17, 15) is 9.90 Å². The Morgan fingerprint density at radius 1 is 1.40 bits per heavy atom. The summed E-state index contributed by atoms with van der Waals surface area (Å²) < 4.78 is 0.954. The first-order valence-electron chi connectivity index (χ1n) is 6.45. The normalized spacial score (nSPS) is 14.2. The maximum absolute atomic E-state index is 12.7. The maximum atomic E-state index is 12.7. The van der Waals surface area contributed by atoms with Crippen LogP contribution in [0.1, 0.15) is 28.8 Å². The summed E-state index contributed by atoms with van der Waals surface area (Å²) in [5, 5.41) is 14.0. The summed E-state index contributed by atoms with van der Waals surface area (Å²) in [7, 11) is 0. The number of hydrogen-bond acceptors (Lipinski definition) is 3. The summed E-state index contributed by atoms with van der Waals surface area (Å²) in [4.78, 5) is 14.6. The van der Waals surface area contributed by atoms with Crippen LogP contribution in [0.5, 0.6) is 5.75 Å². The van der Waals surface area contributed by atoms with E-state index in [0.29, 0.717) is 18.2 Å². The maximum Gasteiger partial charge on any atom is 0.258 e. The monoisotopic (exact) mass is 399 g/mol. The number of carbonyl (C=O) groups is 1. The first kappa shape index (κ1) is 13.9. The van der Waals surface area contributed by atoms with Crippen LogP contribution in [0.3, 0.4) is 0 Å². The van der Waals surface area contributed by atoms with Gasteiger partial charge in [-0.1, -0.05) is 0 Å². The number of hydrogen-bond donors (Lipinski definition) is 1. The molecule has 0 bridgehead atoms. The van der Waals surface area contributed by atoms with Gasteiger partial charge in [0.05, 0.1) is 5.56 Å². The van der Waals surface area contributed by atoms with E-state index in [1.165, 1.54) is 0 Å². The van der Waals surface area contributed by atoms with Crippen LogP contribution in [0, 0.1) is 3.57 Å². The van der Waals surface area contributed by atoms with Gasteiger partial charge in [-0.2, -0.15) is 11.3 Å². The molecule has 3 rings (SSSR count). The van der Waals surface area contributed by atoms with Crippen LogP contribution >= 0.6 is 33.9 Å². The Morgan fingerprint density at radius 2 is 2.20 bits per heavy atom. The lowest BCUT2D eigenvalue weighted by atomic mass is 10.1. The fourth-order valence-electron chi connectivity index (χ4n) is 2.17. The Bertz CT molecular complexity index is 623. The first-order valence-corrected chi connectivity index (χ1v) is 8.48. The molecule has 1 aromatic heterocycles. The summed E-state index contributed by atoms with van der Waals surface area (Å²) in [6.07, 6.45) is 2.11. The van der Waals surface area contributed by atoms with Crippen molar-refractivity contribution in [3.8, 4) is 5.75 Å². The number of amides is 1. The zero-order valence-corrected chi connectivity index (χ0v) is 13.7. The number of thiophene rings is 1. The van der Waals surface area contributed by atoms with Crippen molar-refractivity contribution in [1.29, 1.82) is 0 Å². The largest absolute Gasteiger partial charge is 0.507 e. The van der Waals surface area contributed by atoms with Gasteiger partial charge in [0.1, 0.15) is 5.75 Å². The lowest BCUT2D eigenvalue weighted by molar-refractivity contribution is 0.0727. The second kappa shape index (κ2) is 5.73. The quantitative estimate of drug-likeness (QED) is 0.794. The average molecular weight is 399 g/mol. The lowest BCUT2D eigenvalue weighted by Crippen LogP contribution is -2.32. The van der Waals surface area contributed by atoms with E-state index in [2.05, 4.69) is 28.0 Å². The molecular formula is C15H14INO2S. The van der Waals surface area contributed by atoms with Gasteiger partial charge in [-0.15, -0.1) is 0 Å². The minimum atomic E-state index is -0.0743. The highest BCUT2D eigenvalue weighted by molar-refractivity contribution is 14.1. The highest BCUT2D eigenvalue weighted by Crippen LogP contribution is 2.32. The molecular weight excluding hydrogens is 385 g/mol. The van der Waals surface area contributed by atoms with Crippen molar-refractivity contribution < 1.29 is 9.90 Å². The number of rotatable bonds is 4. The van der Waals surface area contributed by atoms with Crippen molar-refractivity contribution in [2.24, 2.45) is 0 Å². The highest BCUT2D eigenvalue weighted by atomic mass is 127. The first-order chi connectivity index (χ1) is 9.65. The molecule has 0 spiro atoms. The van der Waals surface area contributed by atoms with Gasteiger partial charge in [0.15, 0.2) is 0 Å². The second-order valence-corrected chi connectivity index (χ2v) is 6.98. The zero-order valence-electron chi connectivity index (χ0n) is 10.8. The lowest BCUT2D eigenvalue weighted by Gasteiger charge is -2.22. The fourth-order valence-corrected chi connectivity index (χ4v) is 3.32. The minimum absolute atomic E-state index is 0.0615. The fraction of sp³-hybridized carbons (Fsp3) is 0.267. The molecule has 0 saturated heterocycles. The molecule has 1 heterocycles. The van der Waals surface area contributed by atoms with Crippen molar-refractivity contribution in [1.82, 2.24) is 4.90 Å². The van der Waals surface area contributed by atoms with Gasteiger partial charge in [-0.3, -0.25) is 4.79 Å². The van der Waals surface area contributed by atoms with Crippen LogP contribution in [0.2, 0.25) is 0 Å². The molecule has 2 aromatic rings. The molecule has 0 radical (unpaired) electrons. The minimum Gasteiger partial charge on any atom is -0.507 e. The highest BCUT2D eigenvalue weighted by Gasteiger charge is 2.34. The van der Waals surface area contributed by atoms with Crippen LogP contribution in [-0.4, -0.2) is 22.0 Å². The molecule has 0 atom stereocenters. The van der Waals surface area contributed by atoms with Crippen molar-refractivity contribution in [2.45, 2.75) is 25.4 Å². The predicted octanol–water partition coefficient (Wildman–Crippen LogP) is 3.86. The molecule has 1 saturated carbocycles. The van der Waals surface area contributed by atoms with Gasteiger partial charge in [0.2, 0.25) is 0 Å². The van der Waals surface area contributed by atoms with E-state index in [1.807, 2.05) is 16.3 Å². The van der Waals surface area contributed by atoms with E-state index >= 15 is 0 Å². The summed E-state index contributed by atoms with van der Waals surface area (Å²) >= 11 is 3.79. The molecule has 1 amide bonds. The van der Waals surface area contributed by atoms with Crippen LogP contribution in [0.25, 0.3) is 0 Å². The van der Waals surface area contributed by atoms with Gasteiger partial charge >= 0.3 is 0 Å². The molecule has 1 aromatic carbocycles. The number of benzene rings is 1. The summed E-state index contributed by atoms with van der Waals surface area (Å²) in [6, 6.07) is 7.50. The Hall–Kier alpha value is -1.08. The molecule has 1 fully saturated rings. The third-order valence-electron chi connectivity index (χ3n) is 3.37. The predicted molar refractivity (Wildman–Crippen MR) is 88.0 cm³/mol. The number of phenols is 1. The van der Waals surface area contributed by atoms with Crippen LogP contribution < -0.4 is 0 Å². The van der Waals surface area contributed by atoms with E-state index < -0.39 is 0 Å². The van der Waals surface area contributed by atoms with Gasteiger partial charge in [0, 0.05) is 16.2 Å². The van der Waals surface area contributed by atoms with Gasteiger partial charge in [-0.05, 0) is 76.0 Å². The standard InChI is InChI=1S/C15H14INO2S/c16-11-1-4-14(18)13(7-11)15(19)17(12-2-3-12)8-10-5-6-20-9-10/h1,4-7,9,12,18H,2-3,8H2. The summed E-state index contributed by atoms with van der Waals surface area (Å²) in [5.41, 5.74) is 1.55. The molecule has 1 aliphatic carbocycles. The molecule has 0 unspecified atom stereocenters. The number of nitrogens with zero attached hydrogens (tertiary/aromatic N) is 1. The van der Waals surface area contributed by atoms with Crippen molar-refractivity contribution in [3.05, 3.63) is 49.7 Å². The Morgan fingerprint density at radius 3 is 2.85 bits per heavy atom. The van der Waals surface area contributed by atoms with Gasteiger partial charge < -0.3 is 10.0 Å². The second-order valence-electron chi connectivity index (χ2n) is 4.96. The molecule has 104 valence electrons. The Labute approximate surface area is 135 Å². The van der Waals surface area contributed by atoms with Gasteiger partial charge in [0.25, 0.3) is 5.91 Å². The molecule has 0 aliphatic heterocycles. The third kappa shape index (κ3) is 2.98. The van der Waals surface area contributed by atoms with Gasteiger partial charge in [-0.25, -0.2) is 0 Å². The summed E-state index contributed by atoms with van der Waals surface area (Å²) in [5.74, 6) is -0.0129. The molecule has 20 heavy (non-hydrogen) atoms. The van der Waals surface area contributed by atoms with Crippen LogP contribution in [0.15, 0.2) is 35.0 Å².